The lowest BCUT2D eigenvalue weighted by Gasteiger charge is -2.11. The highest BCUT2D eigenvalue weighted by atomic mass is 32.2. The van der Waals surface area contributed by atoms with Gasteiger partial charge in [0, 0.05) is 18.2 Å². The van der Waals surface area contributed by atoms with Crippen LogP contribution < -0.4 is 0 Å². The van der Waals surface area contributed by atoms with E-state index >= 15 is 0 Å². The minimum atomic E-state index is -3.62. The summed E-state index contributed by atoms with van der Waals surface area (Å²) in [6.45, 7) is 0. The topological polar surface area (TPSA) is 49.7 Å². The summed E-state index contributed by atoms with van der Waals surface area (Å²) >= 11 is 0. The highest BCUT2D eigenvalue weighted by molar-refractivity contribution is 7.88. The number of fused-ring (bicyclic) bond motifs is 1. The molecule has 22 heavy (non-hydrogen) atoms. The summed E-state index contributed by atoms with van der Waals surface area (Å²) in [7, 11) is -2.30. The van der Waals surface area contributed by atoms with Crippen LogP contribution in [0.2, 0.25) is 0 Å². The summed E-state index contributed by atoms with van der Waals surface area (Å²) in [4.78, 5) is 0. The molecule has 4 nitrogen and oxygen atoms in total. The average molecular weight is 322 g/mol. The van der Waals surface area contributed by atoms with Crippen molar-refractivity contribution in [2.75, 3.05) is 7.05 Å². The molecule has 2 aromatic rings. The number of hydrogen-bond acceptors (Lipinski definition) is 3. The van der Waals surface area contributed by atoms with Crippen LogP contribution in [0.3, 0.4) is 0 Å². The summed E-state index contributed by atoms with van der Waals surface area (Å²) in [6.07, 6.45) is 0. The fourth-order valence-electron chi connectivity index (χ4n) is 2.26. The van der Waals surface area contributed by atoms with Gasteiger partial charge in [-0.2, -0.15) is 9.52 Å². The number of nitrogens with zero attached hydrogens (tertiary/aromatic N) is 2. The van der Waals surface area contributed by atoms with Crippen LogP contribution in [0.4, 0.5) is 8.78 Å². The van der Waals surface area contributed by atoms with Crippen LogP contribution in [0.25, 0.3) is 0 Å². The van der Waals surface area contributed by atoms with Gasteiger partial charge in [0.05, 0.1) is 11.5 Å². The van der Waals surface area contributed by atoms with E-state index in [0.717, 1.165) is 4.41 Å². The van der Waals surface area contributed by atoms with Crippen molar-refractivity contribution in [2.45, 2.75) is 5.75 Å². The minimum absolute atomic E-state index is 0.271. The van der Waals surface area contributed by atoms with Crippen molar-refractivity contribution in [3.8, 4) is 0 Å². The molecule has 114 valence electrons. The summed E-state index contributed by atoms with van der Waals surface area (Å²) in [6, 6.07) is 9.34. The van der Waals surface area contributed by atoms with Gasteiger partial charge in [-0.05, 0) is 42.0 Å². The van der Waals surface area contributed by atoms with Gasteiger partial charge in [0.2, 0.25) is 0 Å². The van der Waals surface area contributed by atoms with E-state index in [9.17, 15) is 17.2 Å². The van der Waals surface area contributed by atoms with E-state index in [-0.39, 0.29) is 11.5 Å². The fraction of sp³-hybridized carbons (Fsp3) is 0.133. The first-order valence-corrected chi connectivity index (χ1v) is 8.08. The predicted octanol–water partition coefficient (Wildman–Crippen LogP) is 2.49. The summed E-state index contributed by atoms with van der Waals surface area (Å²) in [5, 5.41) is 4.08. The van der Waals surface area contributed by atoms with Crippen LogP contribution in [0.15, 0.2) is 47.6 Å². The van der Waals surface area contributed by atoms with Crippen molar-refractivity contribution in [3.63, 3.8) is 0 Å². The minimum Gasteiger partial charge on any atom is -0.207 e. The SMILES string of the molecule is CN1N=C(c2ccc(F)cc2)c2cc(F)ccc2CS1(=O)=O. The smallest absolute Gasteiger partial charge is 0.207 e. The molecule has 0 N–H and O–H groups in total. The van der Waals surface area contributed by atoms with Crippen LogP contribution in [0, 0.1) is 11.6 Å². The molecule has 0 fully saturated rings. The molecule has 7 heteroatoms. The molecule has 1 aliphatic rings. The maximum absolute atomic E-state index is 13.6. The molecule has 0 saturated heterocycles. The largest absolute Gasteiger partial charge is 0.253 e. The quantitative estimate of drug-likeness (QED) is 0.810. The molecule has 3 rings (SSSR count). The summed E-state index contributed by atoms with van der Waals surface area (Å²) in [5.41, 5.74) is 1.64. The van der Waals surface area contributed by atoms with Crippen molar-refractivity contribution >= 4 is 15.7 Å². The van der Waals surface area contributed by atoms with Gasteiger partial charge in [0.25, 0.3) is 10.0 Å². The second kappa shape index (κ2) is 5.17. The lowest BCUT2D eigenvalue weighted by Crippen LogP contribution is -2.22. The van der Waals surface area contributed by atoms with Crippen LogP contribution >= 0.6 is 0 Å². The molecule has 1 heterocycles. The number of hydrogen-bond donors (Lipinski definition) is 0. The number of hydrazone groups is 1. The first kappa shape index (κ1) is 14.6. The Kier molecular flexibility index (Phi) is 3.44. The van der Waals surface area contributed by atoms with Gasteiger partial charge in [-0.25, -0.2) is 17.2 Å². The lowest BCUT2D eigenvalue weighted by atomic mass is 9.98. The molecular weight excluding hydrogens is 310 g/mol. The van der Waals surface area contributed by atoms with Gasteiger partial charge in [-0.1, -0.05) is 6.07 Å². The molecule has 0 bridgehead atoms. The monoisotopic (exact) mass is 322 g/mol. The Morgan fingerprint density at radius 2 is 1.68 bits per heavy atom. The number of benzene rings is 2. The third-order valence-corrected chi connectivity index (χ3v) is 4.99. The Hall–Kier alpha value is -2.28. The Balaban J connectivity index is 2.27. The third kappa shape index (κ3) is 2.59. The zero-order valence-electron chi connectivity index (χ0n) is 11.6. The van der Waals surface area contributed by atoms with Crippen LogP contribution in [0.5, 0.6) is 0 Å². The molecule has 0 atom stereocenters. The molecule has 0 saturated carbocycles. The molecule has 0 unspecified atom stereocenters. The van der Waals surface area contributed by atoms with Gasteiger partial charge < -0.3 is 0 Å². The van der Waals surface area contributed by atoms with Crippen LogP contribution in [-0.4, -0.2) is 25.6 Å². The number of rotatable bonds is 1. The second-order valence-corrected chi connectivity index (χ2v) is 6.93. The second-order valence-electron chi connectivity index (χ2n) is 4.95. The first-order chi connectivity index (χ1) is 10.4. The van der Waals surface area contributed by atoms with Gasteiger partial charge in [-0.15, -0.1) is 0 Å². The Labute approximate surface area is 126 Å². The van der Waals surface area contributed by atoms with Gasteiger partial charge in [-0.3, -0.25) is 0 Å². The van der Waals surface area contributed by atoms with E-state index in [1.165, 1.54) is 49.5 Å². The van der Waals surface area contributed by atoms with E-state index < -0.39 is 21.7 Å². The van der Waals surface area contributed by atoms with E-state index in [1.54, 1.807) is 0 Å². The van der Waals surface area contributed by atoms with Gasteiger partial charge >= 0.3 is 0 Å². The van der Waals surface area contributed by atoms with E-state index in [0.29, 0.717) is 16.7 Å². The first-order valence-electron chi connectivity index (χ1n) is 6.47. The maximum Gasteiger partial charge on any atom is 0.253 e. The highest BCUT2D eigenvalue weighted by Gasteiger charge is 2.26. The summed E-state index contributed by atoms with van der Waals surface area (Å²) in [5.74, 6) is -1.18. The van der Waals surface area contributed by atoms with Crippen molar-refractivity contribution < 1.29 is 17.2 Å². The van der Waals surface area contributed by atoms with E-state index in [2.05, 4.69) is 5.10 Å². The molecule has 0 radical (unpaired) electrons. The zero-order valence-corrected chi connectivity index (χ0v) is 12.4. The molecule has 0 aliphatic carbocycles. The predicted molar refractivity (Wildman–Crippen MR) is 78.8 cm³/mol. The molecule has 1 aliphatic heterocycles. The molecule has 2 aromatic carbocycles. The Bertz CT molecular complexity index is 862. The Morgan fingerprint density at radius 1 is 1.05 bits per heavy atom. The van der Waals surface area contributed by atoms with Crippen LogP contribution in [0.1, 0.15) is 16.7 Å². The summed E-state index contributed by atoms with van der Waals surface area (Å²) < 4.78 is 51.8. The normalized spacial score (nSPS) is 16.7. The van der Waals surface area contributed by atoms with Crippen molar-refractivity contribution in [1.82, 2.24) is 4.41 Å². The number of halogens is 2. The fourth-order valence-corrected chi connectivity index (χ4v) is 3.30. The van der Waals surface area contributed by atoms with Gasteiger partial charge in [0.15, 0.2) is 0 Å². The number of sulfonamides is 1. The third-order valence-electron chi connectivity index (χ3n) is 3.43. The molecular formula is C15H12F2N2O2S. The Morgan fingerprint density at radius 3 is 2.36 bits per heavy atom. The van der Waals surface area contributed by atoms with E-state index in [4.69, 9.17) is 0 Å². The van der Waals surface area contributed by atoms with Crippen LogP contribution in [-0.2, 0) is 15.8 Å². The van der Waals surface area contributed by atoms with Gasteiger partial charge in [0.1, 0.15) is 11.6 Å². The van der Waals surface area contributed by atoms with Crippen molar-refractivity contribution in [3.05, 3.63) is 70.8 Å². The zero-order chi connectivity index (χ0) is 15.9. The van der Waals surface area contributed by atoms with Crippen molar-refractivity contribution in [2.24, 2.45) is 5.10 Å². The van der Waals surface area contributed by atoms with Crippen molar-refractivity contribution in [1.29, 1.82) is 0 Å². The lowest BCUT2D eigenvalue weighted by molar-refractivity contribution is 0.490. The molecule has 0 amide bonds. The van der Waals surface area contributed by atoms with E-state index in [1.807, 2.05) is 0 Å². The average Bonchev–Trinajstić information content (AvgIpc) is 2.56. The molecule has 0 aromatic heterocycles. The standard InChI is InChI=1S/C15H12F2N2O2S/c1-19-18-15(10-2-5-12(16)6-3-10)14-8-13(17)7-4-11(14)9-22(19,20)21/h2-8H,9H2,1H3. The molecule has 0 spiro atoms. The maximum atomic E-state index is 13.6. The highest BCUT2D eigenvalue weighted by Crippen LogP contribution is 2.24.